The zero-order chi connectivity index (χ0) is 19.1. The van der Waals surface area contributed by atoms with Gasteiger partial charge in [-0.1, -0.05) is 37.1 Å². The Morgan fingerprint density at radius 3 is 2.85 bits per heavy atom. The topological polar surface area (TPSA) is 88.9 Å². The highest BCUT2D eigenvalue weighted by atomic mass is 32.2. The van der Waals surface area contributed by atoms with E-state index < -0.39 is 6.03 Å². The van der Waals surface area contributed by atoms with E-state index in [1.165, 1.54) is 35.9 Å². The molecule has 0 aliphatic heterocycles. The zero-order valence-corrected chi connectivity index (χ0v) is 17.1. The van der Waals surface area contributed by atoms with Gasteiger partial charge in [0.1, 0.15) is 5.82 Å². The fourth-order valence-corrected chi connectivity index (χ4v) is 4.86. The Labute approximate surface area is 167 Å². The number of carbonyl (C=O) groups excluding carboxylic acids is 2. The van der Waals surface area contributed by atoms with Crippen LogP contribution in [0.1, 0.15) is 48.8 Å². The molecule has 1 aliphatic rings. The third kappa shape index (κ3) is 5.80. The number of hydrogen-bond acceptors (Lipinski definition) is 6. The summed E-state index contributed by atoms with van der Waals surface area (Å²) in [6, 6.07) is 3.97. The van der Waals surface area contributed by atoms with Gasteiger partial charge in [-0.05, 0) is 37.6 Å². The molecular formula is C18H25N5O2S2. The first kappa shape index (κ1) is 19.9. The summed E-state index contributed by atoms with van der Waals surface area (Å²) < 4.78 is 2.15. The van der Waals surface area contributed by atoms with Crippen LogP contribution in [0.5, 0.6) is 0 Å². The van der Waals surface area contributed by atoms with E-state index in [4.69, 9.17) is 0 Å². The monoisotopic (exact) mass is 407 g/mol. The van der Waals surface area contributed by atoms with Crippen LogP contribution in [0.4, 0.5) is 4.79 Å². The van der Waals surface area contributed by atoms with Crippen molar-refractivity contribution in [3.8, 4) is 0 Å². The number of hydrogen-bond donors (Lipinski definition) is 2. The van der Waals surface area contributed by atoms with E-state index in [1.54, 1.807) is 11.3 Å². The number of thiophene rings is 1. The quantitative estimate of drug-likeness (QED) is 0.688. The molecule has 0 radical (unpaired) electrons. The van der Waals surface area contributed by atoms with Gasteiger partial charge < -0.3 is 9.88 Å². The normalized spacial score (nSPS) is 14.9. The Hall–Kier alpha value is -1.87. The van der Waals surface area contributed by atoms with Crippen molar-refractivity contribution >= 4 is 35.0 Å². The maximum absolute atomic E-state index is 12.1. The van der Waals surface area contributed by atoms with Gasteiger partial charge in [0.15, 0.2) is 5.16 Å². The summed E-state index contributed by atoms with van der Waals surface area (Å²) in [4.78, 5) is 25.1. The molecule has 1 aliphatic carbocycles. The van der Waals surface area contributed by atoms with Gasteiger partial charge in [0.2, 0.25) is 5.91 Å². The molecule has 27 heavy (non-hydrogen) atoms. The Bertz CT molecular complexity index is 754. The molecule has 9 heteroatoms. The third-order valence-electron chi connectivity index (χ3n) is 4.60. The number of amides is 3. The van der Waals surface area contributed by atoms with Crippen LogP contribution in [0.3, 0.4) is 0 Å². The number of thioether (sulfide) groups is 1. The summed E-state index contributed by atoms with van der Waals surface area (Å²) in [5.74, 6) is 0.698. The van der Waals surface area contributed by atoms with Gasteiger partial charge in [-0.3, -0.25) is 10.1 Å². The van der Waals surface area contributed by atoms with Gasteiger partial charge in [-0.2, -0.15) is 0 Å². The van der Waals surface area contributed by atoms with Crippen molar-refractivity contribution in [3.05, 3.63) is 28.2 Å². The van der Waals surface area contributed by atoms with Crippen molar-refractivity contribution in [2.45, 2.75) is 56.6 Å². The molecule has 7 nitrogen and oxygen atoms in total. The van der Waals surface area contributed by atoms with E-state index in [2.05, 4.69) is 25.4 Å². The lowest BCUT2D eigenvalue weighted by atomic mass is 9.95. The van der Waals surface area contributed by atoms with Gasteiger partial charge in [-0.15, -0.1) is 21.5 Å². The molecule has 0 saturated heterocycles. The van der Waals surface area contributed by atoms with E-state index in [0.717, 1.165) is 30.2 Å². The molecule has 1 saturated carbocycles. The second-order valence-corrected chi connectivity index (χ2v) is 8.59. The van der Waals surface area contributed by atoms with Crippen LogP contribution in [0, 0.1) is 6.92 Å². The lowest BCUT2D eigenvalue weighted by molar-refractivity contribution is -0.117. The van der Waals surface area contributed by atoms with Gasteiger partial charge in [0, 0.05) is 17.5 Å². The van der Waals surface area contributed by atoms with E-state index in [0.29, 0.717) is 12.6 Å². The Morgan fingerprint density at radius 1 is 1.30 bits per heavy atom. The second kappa shape index (κ2) is 9.89. The highest BCUT2D eigenvalue weighted by Gasteiger charge is 2.22. The van der Waals surface area contributed by atoms with E-state index in [1.807, 2.05) is 24.4 Å². The first-order valence-corrected chi connectivity index (χ1v) is 11.1. The summed E-state index contributed by atoms with van der Waals surface area (Å²) >= 11 is 2.98. The van der Waals surface area contributed by atoms with Crippen LogP contribution in [-0.4, -0.2) is 39.0 Å². The highest BCUT2D eigenvalue weighted by Crippen LogP contribution is 2.32. The summed E-state index contributed by atoms with van der Waals surface area (Å²) in [5.41, 5.74) is 0. The first-order chi connectivity index (χ1) is 13.1. The minimum atomic E-state index is -0.456. The van der Waals surface area contributed by atoms with Gasteiger partial charge in [0.05, 0.1) is 5.75 Å². The number of rotatable bonds is 7. The molecule has 0 atom stereocenters. The summed E-state index contributed by atoms with van der Waals surface area (Å²) in [7, 11) is 0. The minimum Gasteiger partial charge on any atom is -0.337 e. The van der Waals surface area contributed by atoms with Crippen LogP contribution in [-0.2, 0) is 11.2 Å². The number of nitrogens with one attached hydrogen (secondary N) is 2. The molecule has 146 valence electrons. The fraction of sp³-hybridized carbons (Fsp3) is 0.556. The van der Waals surface area contributed by atoms with Crippen LogP contribution < -0.4 is 10.6 Å². The lowest BCUT2D eigenvalue weighted by Gasteiger charge is -2.24. The molecule has 2 N–H and O–H groups in total. The number of carbonyl (C=O) groups is 2. The Balaban J connectivity index is 1.43. The van der Waals surface area contributed by atoms with Crippen molar-refractivity contribution in [2.24, 2.45) is 0 Å². The summed E-state index contributed by atoms with van der Waals surface area (Å²) in [5, 5.41) is 16.2. The van der Waals surface area contributed by atoms with Crippen molar-refractivity contribution < 1.29 is 9.59 Å². The molecule has 1 fully saturated rings. The molecular weight excluding hydrogens is 382 g/mol. The number of aryl methyl sites for hydroxylation is 1. The van der Waals surface area contributed by atoms with Crippen molar-refractivity contribution in [1.29, 1.82) is 0 Å². The molecule has 3 rings (SSSR count). The largest absolute Gasteiger partial charge is 0.337 e. The lowest BCUT2D eigenvalue weighted by Crippen LogP contribution is -2.41. The SMILES string of the molecule is Cc1nnc(SCC(=O)NC(=O)NCCc2cccs2)n1C1CCCCC1. The van der Waals surface area contributed by atoms with Gasteiger partial charge >= 0.3 is 6.03 Å². The van der Waals surface area contributed by atoms with Crippen LogP contribution in [0.25, 0.3) is 0 Å². The standard InChI is InChI=1S/C18H25N5O2S2/c1-13-21-22-18(23(13)14-6-3-2-4-7-14)27-12-16(24)20-17(25)19-10-9-15-8-5-11-26-15/h5,8,11,14H,2-4,6-7,9-10,12H2,1H3,(H2,19,20,24,25). The first-order valence-electron chi connectivity index (χ1n) is 9.28. The van der Waals surface area contributed by atoms with E-state index in [9.17, 15) is 9.59 Å². The van der Waals surface area contributed by atoms with Crippen LogP contribution in [0.15, 0.2) is 22.7 Å². The predicted octanol–water partition coefficient (Wildman–Crippen LogP) is 3.31. The van der Waals surface area contributed by atoms with E-state index in [-0.39, 0.29) is 11.7 Å². The molecule has 0 unspecified atom stereocenters. The highest BCUT2D eigenvalue weighted by molar-refractivity contribution is 7.99. The molecule has 2 aromatic rings. The molecule has 3 amide bonds. The van der Waals surface area contributed by atoms with Crippen LogP contribution in [0.2, 0.25) is 0 Å². The molecule has 0 aromatic carbocycles. The maximum atomic E-state index is 12.1. The Kier molecular flexibility index (Phi) is 7.28. The summed E-state index contributed by atoms with van der Waals surface area (Å²) in [6.07, 6.45) is 6.75. The number of imide groups is 1. The molecule has 0 spiro atoms. The summed E-state index contributed by atoms with van der Waals surface area (Å²) in [6.45, 7) is 2.45. The number of urea groups is 1. The van der Waals surface area contributed by atoms with Crippen molar-refractivity contribution in [2.75, 3.05) is 12.3 Å². The molecule has 2 heterocycles. The number of aromatic nitrogens is 3. The fourth-order valence-electron chi connectivity index (χ4n) is 3.30. The van der Waals surface area contributed by atoms with Gasteiger partial charge in [-0.25, -0.2) is 4.79 Å². The average molecular weight is 408 g/mol. The molecule has 2 aromatic heterocycles. The second-order valence-electron chi connectivity index (χ2n) is 6.61. The zero-order valence-electron chi connectivity index (χ0n) is 15.4. The average Bonchev–Trinajstić information content (AvgIpc) is 3.30. The minimum absolute atomic E-state index is 0.142. The predicted molar refractivity (Wildman–Crippen MR) is 107 cm³/mol. The van der Waals surface area contributed by atoms with Gasteiger partial charge in [0.25, 0.3) is 0 Å². The molecule has 0 bridgehead atoms. The van der Waals surface area contributed by atoms with E-state index >= 15 is 0 Å². The maximum Gasteiger partial charge on any atom is 0.321 e. The van der Waals surface area contributed by atoms with Crippen molar-refractivity contribution in [3.63, 3.8) is 0 Å². The number of nitrogens with zero attached hydrogens (tertiary/aromatic N) is 3. The third-order valence-corrected chi connectivity index (χ3v) is 6.48. The van der Waals surface area contributed by atoms with Crippen LogP contribution >= 0.6 is 23.1 Å². The smallest absolute Gasteiger partial charge is 0.321 e. The Morgan fingerprint density at radius 2 is 2.11 bits per heavy atom. The van der Waals surface area contributed by atoms with Crippen molar-refractivity contribution in [1.82, 2.24) is 25.4 Å².